The molecular formula is C19H26FIN6O. The Kier molecular flexibility index (Phi) is 8.21. The molecule has 3 rings (SSSR count). The Morgan fingerprint density at radius 3 is 2.82 bits per heavy atom. The van der Waals surface area contributed by atoms with E-state index in [0.29, 0.717) is 32.0 Å². The van der Waals surface area contributed by atoms with E-state index in [1.807, 2.05) is 31.1 Å². The van der Waals surface area contributed by atoms with Crippen LogP contribution >= 0.6 is 24.0 Å². The van der Waals surface area contributed by atoms with Gasteiger partial charge in [-0.1, -0.05) is 12.1 Å². The zero-order valence-electron chi connectivity index (χ0n) is 16.1. The molecule has 0 spiro atoms. The van der Waals surface area contributed by atoms with Crippen LogP contribution in [0.3, 0.4) is 0 Å². The van der Waals surface area contributed by atoms with Crippen LogP contribution in [0.4, 0.5) is 10.1 Å². The lowest BCUT2D eigenvalue weighted by Crippen LogP contribution is -2.55. The maximum atomic E-state index is 13.3. The summed E-state index contributed by atoms with van der Waals surface area (Å²) < 4.78 is 15.0. The van der Waals surface area contributed by atoms with Gasteiger partial charge in [0, 0.05) is 39.4 Å². The van der Waals surface area contributed by atoms with Crippen LogP contribution in [-0.2, 0) is 18.3 Å². The molecule has 1 saturated heterocycles. The minimum absolute atomic E-state index is 0. The van der Waals surface area contributed by atoms with E-state index in [1.54, 1.807) is 21.8 Å². The number of aryl methyl sites for hydroxylation is 1. The molecule has 1 amide bonds. The molecule has 2 heterocycles. The summed E-state index contributed by atoms with van der Waals surface area (Å²) in [6, 6.07) is 6.56. The van der Waals surface area contributed by atoms with Crippen molar-refractivity contribution in [2.75, 3.05) is 37.6 Å². The molecule has 2 aromatic rings. The normalized spacial score (nSPS) is 14.8. The SMILES string of the molecule is CCNC(=NCCc1cccc(F)c1)N1CCN(c2cnn(C)c2)C(=O)C1.I. The summed E-state index contributed by atoms with van der Waals surface area (Å²) >= 11 is 0. The third kappa shape index (κ3) is 5.66. The zero-order valence-corrected chi connectivity index (χ0v) is 18.5. The fourth-order valence-electron chi connectivity index (χ4n) is 3.08. The lowest BCUT2D eigenvalue weighted by molar-refractivity contribution is -0.120. The number of nitrogens with one attached hydrogen (secondary N) is 1. The second-order valence-electron chi connectivity index (χ2n) is 6.45. The molecule has 0 bridgehead atoms. The van der Waals surface area contributed by atoms with Gasteiger partial charge in [0.2, 0.25) is 5.91 Å². The highest BCUT2D eigenvalue weighted by Crippen LogP contribution is 2.16. The number of carbonyl (C=O) groups excluding carboxylic acids is 1. The second-order valence-corrected chi connectivity index (χ2v) is 6.45. The highest BCUT2D eigenvalue weighted by molar-refractivity contribution is 14.0. The molecule has 0 radical (unpaired) electrons. The zero-order chi connectivity index (χ0) is 19.2. The molecular weight excluding hydrogens is 474 g/mol. The van der Waals surface area contributed by atoms with Crippen molar-refractivity contribution in [2.24, 2.45) is 12.0 Å². The molecule has 1 aliphatic rings. The fourth-order valence-corrected chi connectivity index (χ4v) is 3.08. The summed E-state index contributed by atoms with van der Waals surface area (Å²) in [6.07, 6.45) is 4.19. The molecule has 9 heteroatoms. The molecule has 0 saturated carbocycles. The number of nitrogens with zero attached hydrogens (tertiary/aromatic N) is 5. The Morgan fingerprint density at radius 2 is 2.18 bits per heavy atom. The maximum Gasteiger partial charge on any atom is 0.246 e. The minimum atomic E-state index is -0.236. The Balaban J connectivity index is 0.00000280. The smallest absolute Gasteiger partial charge is 0.246 e. The first-order valence-electron chi connectivity index (χ1n) is 9.13. The molecule has 0 atom stereocenters. The lowest BCUT2D eigenvalue weighted by atomic mass is 10.1. The predicted molar refractivity (Wildman–Crippen MR) is 119 cm³/mol. The quantitative estimate of drug-likeness (QED) is 0.388. The highest BCUT2D eigenvalue weighted by Gasteiger charge is 2.27. The monoisotopic (exact) mass is 500 g/mol. The van der Waals surface area contributed by atoms with Gasteiger partial charge in [0.1, 0.15) is 12.4 Å². The summed E-state index contributed by atoms with van der Waals surface area (Å²) in [5.74, 6) is 0.499. The van der Waals surface area contributed by atoms with Crippen molar-refractivity contribution in [1.29, 1.82) is 0 Å². The van der Waals surface area contributed by atoms with Gasteiger partial charge in [-0.3, -0.25) is 14.5 Å². The summed E-state index contributed by atoms with van der Waals surface area (Å²) in [5, 5.41) is 7.38. The van der Waals surface area contributed by atoms with Crippen molar-refractivity contribution in [3.05, 3.63) is 48.0 Å². The van der Waals surface area contributed by atoms with Gasteiger partial charge >= 0.3 is 0 Å². The molecule has 1 fully saturated rings. The van der Waals surface area contributed by atoms with E-state index >= 15 is 0 Å². The van der Waals surface area contributed by atoms with E-state index in [-0.39, 0.29) is 42.2 Å². The van der Waals surface area contributed by atoms with E-state index in [1.165, 1.54) is 12.1 Å². The van der Waals surface area contributed by atoms with Crippen LogP contribution in [0.5, 0.6) is 0 Å². The first kappa shape index (κ1) is 22.1. The number of guanidine groups is 1. The number of aliphatic imine (C=N–C) groups is 1. The third-order valence-corrected chi connectivity index (χ3v) is 4.41. The van der Waals surface area contributed by atoms with Gasteiger partial charge < -0.3 is 15.1 Å². The van der Waals surface area contributed by atoms with Crippen molar-refractivity contribution < 1.29 is 9.18 Å². The number of hydrogen-bond donors (Lipinski definition) is 1. The number of halogens is 2. The molecule has 1 aliphatic heterocycles. The largest absolute Gasteiger partial charge is 0.357 e. The van der Waals surface area contributed by atoms with Gasteiger partial charge in [-0.15, -0.1) is 24.0 Å². The number of amides is 1. The van der Waals surface area contributed by atoms with E-state index in [0.717, 1.165) is 17.8 Å². The summed E-state index contributed by atoms with van der Waals surface area (Å²) in [6.45, 7) is 4.78. The summed E-state index contributed by atoms with van der Waals surface area (Å²) in [7, 11) is 1.83. The average Bonchev–Trinajstić information content (AvgIpc) is 3.07. The molecule has 7 nitrogen and oxygen atoms in total. The molecule has 1 N–H and O–H groups in total. The molecule has 28 heavy (non-hydrogen) atoms. The van der Waals surface area contributed by atoms with Crippen molar-refractivity contribution in [3.63, 3.8) is 0 Å². The summed E-state index contributed by atoms with van der Waals surface area (Å²) in [5.41, 5.74) is 1.72. The van der Waals surface area contributed by atoms with Gasteiger partial charge in [0.25, 0.3) is 0 Å². The van der Waals surface area contributed by atoms with Gasteiger partial charge in [-0.2, -0.15) is 5.10 Å². The Hall–Kier alpha value is -2.17. The predicted octanol–water partition coefficient (Wildman–Crippen LogP) is 2.03. The van der Waals surface area contributed by atoms with E-state index in [2.05, 4.69) is 15.4 Å². The first-order valence-corrected chi connectivity index (χ1v) is 9.13. The number of carbonyl (C=O) groups is 1. The van der Waals surface area contributed by atoms with Crippen LogP contribution in [0, 0.1) is 5.82 Å². The number of rotatable bonds is 5. The lowest BCUT2D eigenvalue weighted by Gasteiger charge is -2.35. The number of benzene rings is 1. The van der Waals surface area contributed by atoms with Gasteiger partial charge in [0.15, 0.2) is 5.96 Å². The van der Waals surface area contributed by atoms with E-state index in [4.69, 9.17) is 0 Å². The van der Waals surface area contributed by atoms with Crippen molar-refractivity contribution in [3.8, 4) is 0 Å². The Bertz CT molecular complexity index is 824. The van der Waals surface area contributed by atoms with Crippen LogP contribution in [-0.4, -0.2) is 59.3 Å². The third-order valence-electron chi connectivity index (χ3n) is 4.41. The van der Waals surface area contributed by atoms with Crippen LogP contribution in [0.1, 0.15) is 12.5 Å². The number of hydrogen-bond acceptors (Lipinski definition) is 3. The van der Waals surface area contributed by atoms with E-state index < -0.39 is 0 Å². The Morgan fingerprint density at radius 1 is 1.36 bits per heavy atom. The molecule has 1 aromatic carbocycles. The van der Waals surface area contributed by atoms with Gasteiger partial charge in [0.05, 0.1) is 11.9 Å². The maximum absolute atomic E-state index is 13.3. The van der Waals surface area contributed by atoms with Crippen molar-refractivity contribution in [1.82, 2.24) is 20.0 Å². The first-order chi connectivity index (χ1) is 13.1. The average molecular weight is 500 g/mol. The van der Waals surface area contributed by atoms with Crippen LogP contribution in [0.15, 0.2) is 41.7 Å². The van der Waals surface area contributed by atoms with Crippen LogP contribution < -0.4 is 10.2 Å². The molecule has 0 unspecified atom stereocenters. The van der Waals surface area contributed by atoms with Crippen LogP contribution in [0.2, 0.25) is 0 Å². The minimum Gasteiger partial charge on any atom is -0.357 e. The van der Waals surface area contributed by atoms with Gasteiger partial charge in [-0.05, 0) is 31.0 Å². The summed E-state index contributed by atoms with van der Waals surface area (Å²) in [4.78, 5) is 20.9. The Labute approximate surface area is 181 Å². The van der Waals surface area contributed by atoms with Crippen LogP contribution in [0.25, 0.3) is 0 Å². The number of anilines is 1. The topological polar surface area (TPSA) is 65.8 Å². The number of piperazine rings is 1. The molecule has 1 aromatic heterocycles. The van der Waals surface area contributed by atoms with Crippen molar-refractivity contribution in [2.45, 2.75) is 13.3 Å². The molecule has 0 aliphatic carbocycles. The molecule has 152 valence electrons. The standard InChI is InChI=1S/C19H25FN6O.HI/c1-3-21-19(22-8-7-15-5-4-6-16(20)11-15)25-9-10-26(18(27)14-25)17-12-23-24(2)13-17;/h4-6,11-13H,3,7-10,14H2,1-2H3,(H,21,22);1H. The fraction of sp³-hybridized carbons (Fsp3) is 0.421. The van der Waals surface area contributed by atoms with E-state index in [9.17, 15) is 9.18 Å². The van der Waals surface area contributed by atoms with Crippen molar-refractivity contribution >= 4 is 41.5 Å². The highest BCUT2D eigenvalue weighted by atomic mass is 127. The second kappa shape index (κ2) is 10.4. The van der Waals surface area contributed by atoms with Gasteiger partial charge in [-0.25, -0.2) is 4.39 Å². The number of aromatic nitrogens is 2.